The van der Waals surface area contributed by atoms with E-state index in [4.69, 9.17) is 9.98 Å². The molecule has 0 saturated carbocycles. The molecule has 0 bridgehead atoms. The van der Waals surface area contributed by atoms with Crippen molar-refractivity contribution in [2.24, 2.45) is 4.99 Å². The Labute approximate surface area is 165 Å². The van der Waals surface area contributed by atoms with Gasteiger partial charge in [0.2, 0.25) is 0 Å². The number of thiazole rings is 1. The van der Waals surface area contributed by atoms with E-state index in [2.05, 4.69) is 40.1 Å². The number of benzene rings is 1. The van der Waals surface area contributed by atoms with Gasteiger partial charge in [-0.2, -0.15) is 0 Å². The molecule has 27 heavy (non-hydrogen) atoms. The fourth-order valence-electron chi connectivity index (χ4n) is 4.63. The number of fused-ring (bicyclic) bond motifs is 1. The van der Waals surface area contributed by atoms with Crippen molar-refractivity contribution in [1.29, 1.82) is 0 Å². The van der Waals surface area contributed by atoms with Crippen molar-refractivity contribution < 1.29 is 0 Å². The van der Waals surface area contributed by atoms with Crippen molar-refractivity contribution in [2.45, 2.75) is 51.0 Å². The maximum atomic E-state index is 5.06. The lowest BCUT2D eigenvalue weighted by Gasteiger charge is -2.36. The summed E-state index contributed by atoms with van der Waals surface area (Å²) in [7, 11) is 0. The average molecular weight is 381 g/mol. The van der Waals surface area contributed by atoms with Crippen LogP contribution >= 0.6 is 11.3 Å². The molecular weight excluding hydrogens is 352 g/mol. The van der Waals surface area contributed by atoms with Gasteiger partial charge in [0.05, 0.1) is 17.2 Å². The molecule has 0 spiro atoms. The minimum absolute atomic E-state index is 0.580. The molecule has 1 unspecified atom stereocenters. The summed E-state index contributed by atoms with van der Waals surface area (Å²) in [5.41, 5.74) is 2.77. The molecule has 142 valence electrons. The number of likely N-dealkylation sites (tertiary alicyclic amines) is 1. The Morgan fingerprint density at radius 2 is 1.93 bits per heavy atom. The minimum Gasteiger partial charge on any atom is -0.342 e. The van der Waals surface area contributed by atoms with Gasteiger partial charge in [0.25, 0.3) is 0 Å². The molecule has 3 aliphatic rings. The van der Waals surface area contributed by atoms with Crippen LogP contribution in [0.5, 0.6) is 0 Å². The summed E-state index contributed by atoms with van der Waals surface area (Å²) >= 11 is 2.00. The second-order valence-corrected chi connectivity index (χ2v) is 9.12. The molecular formula is C22H28N4S. The molecule has 1 aromatic carbocycles. The SMILES string of the molecule is c1ccc(CN2CCN=C2N2CCCC(c3nc4c(s3)CCCC4)C2)cc1. The second kappa shape index (κ2) is 7.63. The maximum absolute atomic E-state index is 5.06. The molecule has 3 heterocycles. The number of hydrogen-bond acceptors (Lipinski definition) is 5. The molecule has 1 aliphatic carbocycles. The second-order valence-electron chi connectivity index (χ2n) is 8.00. The van der Waals surface area contributed by atoms with Crippen LogP contribution in [-0.2, 0) is 19.4 Å². The van der Waals surface area contributed by atoms with Crippen molar-refractivity contribution in [2.75, 3.05) is 26.2 Å². The van der Waals surface area contributed by atoms with Crippen molar-refractivity contribution in [3.05, 3.63) is 51.5 Å². The van der Waals surface area contributed by atoms with E-state index in [9.17, 15) is 0 Å². The average Bonchev–Trinajstić information content (AvgIpc) is 3.36. The third-order valence-corrected chi connectivity index (χ3v) is 7.36. The summed E-state index contributed by atoms with van der Waals surface area (Å²) in [6, 6.07) is 10.8. The van der Waals surface area contributed by atoms with Crippen LogP contribution in [-0.4, -0.2) is 46.9 Å². The van der Waals surface area contributed by atoms with E-state index in [1.165, 1.54) is 60.7 Å². The molecule has 1 aromatic heterocycles. The van der Waals surface area contributed by atoms with Crippen molar-refractivity contribution >= 4 is 17.3 Å². The normalized spacial score (nSPS) is 22.7. The van der Waals surface area contributed by atoms with Gasteiger partial charge in [-0.1, -0.05) is 30.3 Å². The van der Waals surface area contributed by atoms with Gasteiger partial charge in [-0.3, -0.25) is 4.99 Å². The summed E-state index contributed by atoms with van der Waals surface area (Å²) in [4.78, 5) is 16.5. The summed E-state index contributed by atoms with van der Waals surface area (Å²) in [6.07, 6.45) is 7.62. The number of rotatable bonds is 3. The Morgan fingerprint density at radius 1 is 1.04 bits per heavy atom. The highest BCUT2D eigenvalue weighted by Crippen LogP contribution is 2.35. The van der Waals surface area contributed by atoms with Crippen LogP contribution in [0.25, 0.3) is 0 Å². The number of guanidine groups is 1. The first-order valence-corrected chi connectivity index (χ1v) is 11.3. The Bertz CT molecular complexity index is 789. The third-order valence-electron chi connectivity index (χ3n) is 6.04. The quantitative estimate of drug-likeness (QED) is 0.804. The zero-order chi connectivity index (χ0) is 18.1. The van der Waals surface area contributed by atoms with Crippen LogP contribution in [0.15, 0.2) is 35.3 Å². The fourth-order valence-corrected chi connectivity index (χ4v) is 5.91. The summed E-state index contributed by atoms with van der Waals surface area (Å²) in [5.74, 6) is 1.79. The number of aliphatic imine (C=N–C) groups is 1. The van der Waals surface area contributed by atoms with Gasteiger partial charge in [0.15, 0.2) is 5.96 Å². The van der Waals surface area contributed by atoms with E-state index in [1.807, 2.05) is 11.3 Å². The molecule has 1 saturated heterocycles. The zero-order valence-electron chi connectivity index (χ0n) is 15.9. The molecule has 0 N–H and O–H groups in total. The lowest BCUT2D eigenvalue weighted by molar-refractivity contribution is 0.270. The Kier molecular flexibility index (Phi) is 4.87. The largest absolute Gasteiger partial charge is 0.342 e. The molecule has 2 aromatic rings. The van der Waals surface area contributed by atoms with E-state index >= 15 is 0 Å². The standard InChI is InChI=1S/C22H28N4S/c1-2-7-17(8-3-1)15-26-14-12-23-22(26)25-13-6-9-18(16-25)21-24-19-10-4-5-11-20(19)27-21/h1-3,7-8,18H,4-6,9-16H2. The van der Waals surface area contributed by atoms with Crippen LogP contribution in [0.4, 0.5) is 0 Å². The van der Waals surface area contributed by atoms with E-state index < -0.39 is 0 Å². The van der Waals surface area contributed by atoms with E-state index in [0.717, 1.165) is 32.7 Å². The van der Waals surface area contributed by atoms with Crippen LogP contribution in [0, 0.1) is 0 Å². The third kappa shape index (κ3) is 3.62. The van der Waals surface area contributed by atoms with Gasteiger partial charge in [0, 0.05) is 37.0 Å². The van der Waals surface area contributed by atoms with Gasteiger partial charge in [-0.15, -0.1) is 11.3 Å². The monoisotopic (exact) mass is 380 g/mol. The zero-order valence-corrected chi connectivity index (χ0v) is 16.8. The van der Waals surface area contributed by atoms with Gasteiger partial charge in [-0.05, 0) is 44.1 Å². The van der Waals surface area contributed by atoms with Gasteiger partial charge in [-0.25, -0.2) is 4.98 Å². The maximum Gasteiger partial charge on any atom is 0.197 e. The van der Waals surface area contributed by atoms with Crippen LogP contribution < -0.4 is 0 Å². The molecule has 5 rings (SSSR count). The molecule has 0 amide bonds. The number of aromatic nitrogens is 1. The highest BCUT2D eigenvalue weighted by atomic mass is 32.1. The molecule has 1 atom stereocenters. The fraction of sp³-hybridized carbons (Fsp3) is 0.545. The molecule has 1 fully saturated rings. The van der Waals surface area contributed by atoms with E-state index in [-0.39, 0.29) is 0 Å². The van der Waals surface area contributed by atoms with E-state index in [1.54, 1.807) is 4.88 Å². The summed E-state index contributed by atoms with van der Waals surface area (Å²) in [6.45, 7) is 5.14. The highest BCUT2D eigenvalue weighted by molar-refractivity contribution is 7.11. The number of nitrogens with zero attached hydrogens (tertiary/aromatic N) is 4. The lowest BCUT2D eigenvalue weighted by atomic mass is 9.98. The Morgan fingerprint density at radius 3 is 2.81 bits per heavy atom. The topological polar surface area (TPSA) is 31.7 Å². The lowest BCUT2D eigenvalue weighted by Crippen LogP contribution is -2.46. The first kappa shape index (κ1) is 17.2. The van der Waals surface area contributed by atoms with Crippen molar-refractivity contribution in [3.63, 3.8) is 0 Å². The minimum atomic E-state index is 0.580. The predicted octanol–water partition coefficient (Wildman–Crippen LogP) is 4.07. The van der Waals surface area contributed by atoms with Gasteiger partial charge in [0.1, 0.15) is 0 Å². The number of piperidine rings is 1. The summed E-state index contributed by atoms with van der Waals surface area (Å²) < 4.78 is 0. The molecule has 4 nitrogen and oxygen atoms in total. The number of aryl methyl sites for hydroxylation is 2. The van der Waals surface area contributed by atoms with Gasteiger partial charge >= 0.3 is 0 Å². The predicted molar refractivity (Wildman–Crippen MR) is 111 cm³/mol. The first-order valence-electron chi connectivity index (χ1n) is 10.4. The van der Waals surface area contributed by atoms with Crippen molar-refractivity contribution in [3.8, 4) is 0 Å². The van der Waals surface area contributed by atoms with Gasteiger partial charge < -0.3 is 9.80 Å². The van der Waals surface area contributed by atoms with E-state index in [0.29, 0.717) is 5.92 Å². The van der Waals surface area contributed by atoms with Crippen molar-refractivity contribution in [1.82, 2.24) is 14.8 Å². The molecule has 0 radical (unpaired) electrons. The highest BCUT2D eigenvalue weighted by Gasteiger charge is 2.30. The first-order chi connectivity index (χ1) is 13.4. The summed E-state index contributed by atoms with van der Waals surface area (Å²) in [5, 5.41) is 1.39. The molecule has 5 heteroatoms. The Hall–Kier alpha value is -1.88. The smallest absolute Gasteiger partial charge is 0.197 e. The Balaban J connectivity index is 1.29. The van der Waals surface area contributed by atoms with Crippen LogP contribution in [0.1, 0.15) is 52.7 Å². The van der Waals surface area contributed by atoms with Crippen LogP contribution in [0.2, 0.25) is 0 Å². The van der Waals surface area contributed by atoms with Crippen LogP contribution in [0.3, 0.4) is 0 Å². The molecule has 2 aliphatic heterocycles. The number of hydrogen-bond donors (Lipinski definition) is 0.